The summed E-state index contributed by atoms with van der Waals surface area (Å²) < 4.78 is 32.4. The van der Waals surface area contributed by atoms with Crippen molar-refractivity contribution in [3.8, 4) is 5.75 Å². The number of carbonyl (C=O) groups is 2. The minimum absolute atomic E-state index is 0.0837. The molecule has 0 radical (unpaired) electrons. The van der Waals surface area contributed by atoms with Gasteiger partial charge in [-0.15, -0.1) is 0 Å². The maximum absolute atomic E-state index is 14.2. The molecule has 42 heavy (non-hydrogen) atoms. The second kappa shape index (κ2) is 15.0. The van der Waals surface area contributed by atoms with Crippen molar-refractivity contribution in [2.45, 2.75) is 32.9 Å². The van der Waals surface area contributed by atoms with Gasteiger partial charge in [0.2, 0.25) is 21.8 Å². The molecule has 0 saturated heterocycles. The number of methoxy groups -OCH3 is 1. The number of rotatable bonds is 13. The van der Waals surface area contributed by atoms with Crippen molar-refractivity contribution in [2.75, 3.05) is 30.8 Å². The van der Waals surface area contributed by atoms with Crippen molar-refractivity contribution in [1.82, 2.24) is 10.2 Å². The fourth-order valence-electron chi connectivity index (χ4n) is 4.28. The van der Waals surface area contributed by atoms with Gasteiger partial charge in [-0.3, -0.25) is 13.9 Å². The van der Waals surface area contributed by atoms with Crippen LogP contribution in [0.2, 0.25) is 15.1 Å². The average molecular weight is 655 g/mol. The average Bonchev–Trinajstić information content (AvgIpc) is 2.93. The molecule has 2 amide bonds. The molecule has 0 fully saturated rings. The maximum Gasteiger partial charge on any atom is 0.244 e. The lowest BCUT2D eigenvalue weighted by Crippen LogP contribution is -2.53. The van der Waals surface area contributed by atoms with E-state index < -0.39 is 34.4 Å². The normalized spacial score (nSPS) is 12.1. The zero-order chi connectivity index (χ0) is 31.0. The highest BCUT2D eigenvalue weighted by Gasteiger charge is 2.34. The van der Waals surface area contributed by atoms with Crippen molar-refractivity contribution in [1.29, 1.82) is 0 Å². The third kappa shape index (κ3) is 9.01. The molecule has 1 atom stereocenters. The van der Waals surface area contributed by atoms with Gasteiger partial charge in [0.25, 0.3) is 0 Å². The van der Waals surface area contributed by atoms with E-state index in [9.17, 15) is 18.0 Å². The lowest BCUT2D eigenvalue weighted by Gasteiger charge is -2.34. The summed E-state index contributed by atoms with van der Waals surface area (Å²) in [4.78, 5) is 29.3. The summed E-state index contributed by atoms with van der Waals surface area (Å²) in [6.07, 6.45) is 1.14. The van der Waals surface area contributed by atoms with Gasteiger partial charge in [0.1, 0.15) is 18.3 Å². The quantitative estimate of drug-likeness (QED) is 0.250. The number of anilines is 1. The van der Waals surface area contributed by atoms with Gasteiger partial charge in [-0.05, 0) is 41.8 Å². The Balaban J connectivity index is 2.14. The molecule has 0 aliphatic heterocycles. The van der Waals surface area contributed by atoms with E-state index in [0.29, 0.717) is 22.2 Å². The summed E-state index contributed by atoms with van der Waals surface area (Å²) >= 11 is 19.2. The highest BCUT2D eigenvalue weighted by Crippen LogP contribution is 2.33. The predicted molar refractivity (Wildman–Crippen MR) is 169 cm³/mol. The minimum Gasteiger partial charge on any atom is -0.495 e. The van der Waals surface area contributed by atoms with Crippen molar-refractivity contribution in [3.63, 3.8) is 0 Å². The minimum atomic E-state index is -4.02. The first-order valence-electron chi connectivity index (χ1n) is 13.2. The molecule has 3 aromatic rings. The van der Waals surface area contributed by atoms with E-state index in [0.717, 1.165) is 16.1 Å². The van der Waals surface area contributed by atoms with Gasteiger partial charge in [0, 0.05) is 40.1 Å². The highest BCUT2D eigenvalue weighted by atomic mass is 35.5. The number of nitrogens with one attached hydrogen (secondary N) is 1. The van der Waals surface area contributed by atoms with E-state index in [1.165, 1.54) is 24.1 Å². The smallest absolute Gasteiger partial charge is 0.244 e. The van der Waals surface area contributed by atoms with Gasteiger partial charge >= 0.3 is 0 Å². The van der Waals surface area contributed by atoms with Gasteiger partial charge in [-0.25, -0.2) is 8.42 Å². The number of carbonyl (C=O) groups excluding carboxylic acids is 2. The fraction of sp³-hybridized carbons (Fsp3) is 0.333. The molecule has 0 aliphatic rings. The van der Waals surface area contributed by atoms with E-state index in [4.69, 9.17) is 39.5 Å². The Kier molecular flexibility index (Phi) is 11.9. The molecule has 1 N–H and O–H groups in total. The third-order valence-electron chi connectivity index (χ3n) is 6.43. The molecule has 12 heteroatoms. The third-order valence-corrected chi connectivity index (χ3v) is 8.50. The molecular weight excluding hydrogens is 621 g/mol. The Morgan fingerprint density at radius 2 is 1.60 bits per heavy atom. The van der Waals surface area contributed by atoms with E-state index >= 15 is 0 Å². The van der Waals surface area contributed by atoms with Crippen molar-refractivity contribution < 1.29 is 22.7 Å². The molecule has 226 valence electrons. The second-order valence-electron chi connectivity index (χ2n) is 10.2. The zero-order valence-electron chi connectivity index (χ0n) is 23.8. The summed E-state index contributed by atoms with van der Waals surface area (Å²) in [6, 6.07) is 17.6. The van der Waals surface area contributed by atoms with Crippen LogP contribution in [0.1, 0.15) is 25.0 Å². The van der Waals surface area contributed by atoms with Crippen LogP contribution >= 0.6 is 34.8 Å². The summed E-state index contributed by atoms with van der Waals surface area (Å²) in [5.74, 6) is -0.687. The van der Waals surface area contributed by atoms with Crippen LogP contribution < -0.4 is 14.4 Å². The molecule has 0 aliphatic carbocycles. The van der Waals surface area contributed by atoms with E-state index in [1.54, 1.807) is 24.3 Å². The first kappa shape index (κ1) is 33.5. The summed E-state index contributed by atoms with van der Waals surface area (Å²) in [6.45, 7) is 3.52. The largest absolute Gasteiger partial charge is 0.495 e. The van der Waals surface area contributed by atoms with Gasteiger partial charge in [0.05, 0.1) is 19.1 Å². The number of nitrogens with zero attached hydrogens (tertiary/aromatic N) is 2. The first-order valence-corrected chi connectivity index (χ1v) is 16.1. The van der Waals surface area contributed by atoms with E-state index in [-0.39, 0.29) is 35.3 Å². The van der Waals surface area contributed by atoms with Crippen LogP contribution in [-0.4, -0.2) is 57.6 Å². The number of sulfonamides is 1. The Labute approximate surface area is 262 Å². The van der Waals surface area contributed by atoms with Crippen LogP contribution in [0.5, 0.6) is 5.75 Å². The summed E-state index contributed by atoms with van der Waals surface area (Å²) in [5.41, 5.74) is 1.32. The number of amides is 2. The van der Waals surface area contributed by atoms with Crippen LogP contribution in [-0.2, 0) is 32.6 Å². The first-order chi connectivity index (χ1) is 19.8. The fourth-order valence-corrected chi connectivity index (χ4v) is 5.81. The van der Waals surface area contributed by atoms with Crippen molar-refractivity contribution >= 4 is 62.3 Å². The topological polar surface area (TPSA) is 96.0 Å². The molecule has 3 aromatic carbocycles. The lowest BCUT2D eigenvalue weighted by molar-refractivity contribution is -0.140. The van der Waals surface area contributed by atoms with Gasteiger partial charge in [-0.1, -0.05) is 85.0 Å². The molecule has 3 rings (SSSR count). The SMILES string of the molecule is COc1ccc(Cl)cc1N(CC(=O)N(Cc1c(Cl)cccc1Cl)C(Cc1ccccc1)C(=O)NCC(C)C)S(C)(=O)=O. The Morgan fingerprint density at radius 1 is 0.952 bits per heavy atom. The van der Waals surface area contributed by atoms with Gasteiger partial charge in [-0.2, -0.15) is 0 Å². The molecular formula is C30H34Cl3N3O5S. The molecule has 0 heterocycles. The van der Waals surface area contributed by atoms with Crippen molar-refractivity contribution in [3.05, 3.63) is 92.9 Å². The summed E-state index contributed by atoms with van der Waals surface area (Å²) in [7, 11) is -2.63. The monoisotopic (exact) mass is 653 g/mol. The number of ether oxygens (including phenoxy) is 1. The van der Waals surface area contributed by atoms with Crippen LogP contribution in [0.3, 0.4) is 0 Å². The molecule has 1 unspecified atom stereocenters. The standard InChI is InChI=1S/C30H34Cl3N3O5S/c1-20(2)17-34-30(38)27(15-21-9-6-5-7-10-21)35(18-23-24(32)11-8-12-25(23)33)29(37)19-36(42(4,39)40)26-16-22(31)13-14-28(26)41-3/h5-14,16,20,27H,15,17-19H2,1-4H3,(H,34,38). The lowest BCUT2D eigenvalue weighted by atomic mass is 10.0. The van der Waals surface area contributed by atoms with Crippen molar-refractivity contribution in [2.24, 2.45) is 5.92 Å². The number of hydrogen-bond acceptors (Lipinski definition) is 5. The number of halogens is 3. The number of benzene rings is 3. The van der Waals surface area contributed by atoms with Crippen LogP contribution in [0, 0.1) is 5.92 Å². The van der Waals surface area contributed by atoms with E-state index in [2.05, 4.69) is 5.32 Å². The molecule has 0 spiro atoms. The highest BCUT2D eigenvalue weighted by molar-refractivity contribution is 7.92. The Hall–Kier alpha value is -2.98. The molecule has 0 aromatic heterocycles. The summed E-state index contributed by atoms with van der Waals surface area (Å²) in [5, 5.41) is 3.78. The maximum atomic E-state index is 14.2. The Bertz CT molecular complexity index is 1480. The van der Waals surface area contributed by atoms with E-state index in [1.807, 2.05) is 44.2 Å². The number of hydrogen-bond donors (Lipinski definition) is 1. The van der Waals surface area contributed by atoms with Gasteiger partial charge < -0.3 is 15.0 Å². The molecule has 0 saturated carbocycles. The van der Waals surface area contributed by atoms with Crippen LogP contribution in [0.4, 0.5) is 5.69 Å². The zero-order valence-corrected chi connectivity index (χ0v) is 26.9. The molecule has 0 bridgehead atoms. The predicted octanol–water partition coefficient (Wildman–Crippen LogP) is 5.83. The van der Waals surface area contributed by atoms with Crippen LogP contribution in [0.15, 0.2) is 66.7 Å². The molecule has 8 nitrogen and oxygen atoms in total. The Morgan fingerprint density at radius 3 is 2.17 bits per heavy atom. The van der Waals surface area contributed by atoms with Gasteiger partial charge in [0.15, 0.2) is 0 Å². The van der Waals surface area contributed by atoms with Crippen LogP contribution in [0.25, 0.3) is 0 Å². The second-order valence-corrected chi connectivity index (χ2v) is 13.3.